The van der Waals surface area contributed by atoms with Crippen LogP contribution in [0.15, 0.2) is 18.2 Å². The minimum Gasteiger partial charge on any atom is -0.378 e. The molecule has 2 aromatic heterocycles. The molecule has 1 saturated heterocycles. The molecule has 0 aliphatic carbocycles. The third kappa shape index (κ3) is 3.90. The predicted molar refractivity (Wildman–Crippen MR) is 116 cm³/mol. The van der Waals surface area contributed by atoms with Crippen molar-refractivity contribution in [3.05, 3.63) is 33.8 Å². The van der Waals surface area contributed by atoms with E-state index in [-0.39, 0.29) is 11.3 Å². The number of nitrogens with one attached hydrogen (secondary N) is 1. The summed E-state index contributed by atoms with van der Waals surface area (Å²) in [7, 11) is 0. The normalized spacial score (nSPS) is 15.2. The Balaban J connectivity index is 1.54. The fraction of sp³-hybridized carbons (Fsp3) is 0.450. The molecule has 1 aromatic carbocycles. The van der Waals surface area contributed by atoms with Gasteiger partial charge in [-0.25, -0.2) is 9.97 Å². The first kappa shape index (κ1) is 19.3. The maximum atomic E-state index is 12.8. The van der Waals surface area contributed by atoms with E-state index >= 15 is 0 Å². The molecule has 1 fully saturated rings. The summed E-state index contributed by atoms with van der Waals surface area (Å²) in [6.07, 6.45) is 0. The number of carbonyl (C=O) groups is 1. The zero-order valence-corrected chi connectivity index (χ0v) is 18.2. The average Bonchev–Trinajstić information content (AvgIpc) is 3.25. The van der Waals surface area contributed by atoms with Crippen molar-refractivity contribution < 1.29 is 9.53 Å². The van der Waals surface area contributed by atoms with E-state index in [1.807, 2.05) is 25.1 Å². The molecule has 1 N–H and O–H groups in total. The second-order valence-electron chi connectivity index (χ2n) is 7.92. The zero-order valence-electron chi connectivity index (χ0n) is 16.5. The molecule has 1 aliphatic rings. The Hall–Kier alpha value is -2.03. The van der Waals surface area contributed by atoms with Crippen molar-refractivity contribution in [2.24, 2.45) is 0 Å². The summed E-state index contributed by atoms with van der Waals surface area (Å²) in [6.45, 7) is 11.4. The van der Waals surface area contributed by atoms with Crippen LogP contribution in [0.5, 0.6) is 0 Å². The quantitative estimate of drug-likeness (QED) is 0.683. The summed E-state index contributed by atoms with van der Waals surface area (Å²) in [6, 6.07) is 5.87. The topological polar surface area (TPSA) is 67.4 Å². The van der Waals surface area contributed by atoms with Gasteiger partial charge in [-0.1, -0.05) is 32.1 Å². The molecule has 28 heavy (non-hydrogen) atoms. The molecule has 3 aromatic rings. The Kier molecular flexibility index (Phi) is 5.11. The van der Waals surface area contributed by atoms with Crippen molar-refractivity contribution >= 4 is 49.6 Å². The molecule has 0 radical (unpaired) electrons. The Labute approximate surface area is 172 Å². The second-order valence-corrected chi connectivity index (χ2v) is 9.92. The molecule has 1 amide bonds. The van der Waals surface area contributed by atoms with Gasteiger partial charge in [0.25, 0.3) is 5.91 Å². The summed E-state index contributed by atoms with van der Waals surface area (Å²) in [5.74, 6) is -0.109. The first-order chi connectivity index (χ1) is 13.3. The molecule has 4 rings (SSSR count). The number of amides is 1. The van der Waals surface area contributed by atoms with Crippen LogP contribution < -0.4 is 10.2 Å². The largest absolute Gasteiger partial charge is 0.378 e. The number of ether oxygens (including phenoxy) is 1. The number of aromatic nitrogens is 2. The van der Waals surface area contributed by atoms with Gasteiger partial charge in [-0.05, 0) is 25.1 Å². The van der Waals surface area contributed by atoms with E-state index < -0.39 is 0 Å². The van der Waals surface area contributed by atoms with Crippen LogP contribution in [0, 0.1) is 6.92 Å². The van der Waals surface area contributed by atoms with Gasteiger partial charge >= 0.3 is 0 Å². The van der Waals surface area contributed by atoms with Gasteiger partial charge in [0.2, 0.25) is 0 Å². The molecule has 8 heteroatoms. The molecule has 3 heterocycles. The number of morpholine rings is 1. The minimum absolute atomic E-state index is 0.0641. The number of hydrogen-bond acceptors (Lipinski definition) is 7. The van der Waals surface area contributed by atoms with E-state index in [1.54, 1.807) is 11.3 Å². The Morgan fingerprint density at radius 2 is 1.93 bits per heavy atom. The van der Waals surface area contributed by atoms with Gasteiger partial charge in [-0.15, -0.1) is 11.3 Å². The summed E-state index contributed by atoms with van der Waals surface area (Å²) >= 11 is 3.12. The fourth-order valence-corrected chi connectivity index (χ4v) is 5.07. The Morgan fingerprint density at radius 1 is 1.18 bits per heavy atom. The lowest BCUT2D eigenvalue weighted by molar-refractivity contribution is 0.103. The highest BCUT2D eigenvalue weighted by molar-refractivity contribution is 7.22. The molecule has 0 saturated carbocycles. The van der Waals surface area contributed by atoms with Crippen LogP contribution in [0.2, 0.25) is 0 Å². The van der Waals surface area contributed by atoms with Crippen molar-refractivity contribution in [3.63, 3.8) is 0 Å². The highest BCUT2D eigenvalue weighted by Gasteiger charge is 2.23. The molecule has 0 bridgehead atoms. The van der Waals surface area contributed by atoms with Crippen molar-refractivity contribution in [1.82, 2.24) is 9.97 Å². The summed E-state index contributed by atoms with van der Waals surface area (Å²) in [4.78, 5) is 25.0. The molecule has 1 aliphatic heterocycles. The Bertz CT molecular complexity index is 1010. The van der Waals surface area contributed by atoms with Gasteiger partial charge in [0.05, 0.1) is 34.1 Å². The molecular weight excluding hydrogens is 392 g/mol. The molecular formula is C20H24N4O2S2. The lowest BCUT2D eigenvalue weighted by Gasteiger charge is -2.25. The fourth-order valence-electron chi connectivity index (χ4n) is 3.00. The van der Waals surface area contributed by atoms with E-state index in [0.29, 0.717) is 4.88 Å². The molecule has 148 valence electrons. The van der Waals surface area contributed by atoms with E-state index in [0.717, 1.165) is 58.0 Å². The number of aryl methyl sites for hydroxylation is 1. The molecule has 0 atom stereocenters. The van der Waals surface area contributed by atoms with Gasteiger partial charge in [0.15, 0.2) is 5.13 Å². The van der Waals surface area contributed by atoms with E-state index in [9.17, 15) is 4.79 Å². The number of rotatable bonds is 3. The first-order valence-corrected chi connectivity index (χ1v) is 11.0. The van der Waals surface area contributed by atoms with Crippen molar-refractivity contribution in [1.29, 1.82) is 0 Å². The highest BCUT2D eigenvalue weighted by Crippen LogP contribution is 2.32. The average molecular weight is 417 g/mol. The van der Waals surface area contributed by atoms with Crippen LogP contribution >= 0.6 is 22.7 Å². The molecule has 0 spiro atoms. The van der Waals surface area contributed by atoms with E-state index in [4.69, 9.17) is 9.72 Å². The lowest BCUT2D eigenvalue weighted by atomic mass is 9.98. The number of carbonyl (C=O) groups excluding carboxylic acids is 1. The minimum atomic E-state index is -0.109. The number of fused-ring (bicyclic) bond motifs is 1. The highest BCUT2D eigenvalue weighted by atomic mass is 32.1. The molecule has 6 nitrogen and oxygen atoms in total. The van der Waals surface area contributed by atoms with Crippen molar-refractivity contribution in [3.8, 4) is 0 Å². The zero-order chi connectivity index (χ0) is 19.9. The molecule has 0 unspecified atom stereocenters. The number of thiazole rings is 2. The number of nitrogens with zero attached hydrogens (tertiary/aromatic N) is 3. The van der Waals surface area contributed by atoms with Crippen LogP contribution in [-0.2, 0) is 10.2 Å². The van der Waals surface area contributed by atoms with Gasteiger partial charge in [-0.3, -0.25) is 4.79 Å². The van der Waals surface area contributed by atoms with Crippen LogP contribution in [0.25, 0.3) is 10.2 Å². The van der Waals surface area contributed by atoms with Gasteiger partial charge in [-0.2, -0.15) is 0 Å². The van der Waals surface area contributed by atoms with Crippen LogP contribution in [0.1, 0.15) is 41.1 Å². The third-order valence-electron chi connectivity index (χ3n) is 4.56. The number of hydrogen-bond donors (Lipinski definition) is 1. The second kappa shape index (κ2) is 7.42. The summed E-state index contributed by atoms with van der Waals surface area (Å²) in [5, 5.41) is 5.01. The Morgan fingerprint density at radius 3 is 2.61 bits per heavy atom. The number of benzene rings is 1. The third-order valence-corrected chi connectivity index (χ3v) is 7.22. The predicted octanol–water partition coefficient (Wildman–Crippen LogP) is 4.45. The van der Waals surface area contributed by atoms with E-state index in [1.165, 1.54) is 11.3 Å². The SMILES string of the molecule is Cc1nc(C(C)(C)C)sc1C(=O)Nc1ccc2nc(N3CCOCC3)sc2c1. The first-order valence-electron chi connectivity index (χ1n) is 9.34. The van der Waals surface area contributed by atoms with Crippen LogP contribution in [-0.4, -0.2) is 42.2 Å². The standard InChI is InChI=1S/C20H24N4O2S2/c1-12-16(28-18(21-12)20(2,3)4)17(25)22-13-5-6-14-15(11-13)27-19(23-14)24-7-9-26-10-8-24/h5-6,11H,7-10H2,1-4H3,(H,22,25). The smallest absolute Gasteiger partial charge is 0.267 e. The van der Waals surface area contributed by atoms with Crippen LogP contribution in [0.4, 0.5) is 10.8 Å². The van der Waals surface area contributed by atoms with Gasteiger partial charge in [0, 0.05) is 24.2 Å². The van der Waals surface area contributed by atoms with Gasteiger partial charge in [0.1, 0.15) is 4.88 Å². The van der Waals surface area contributed by atoms with Crippen molar-refractivity contribution in [2.75, 3.05) is 36.5 Å². The van der Waals surface area contributed by atoms with Gasteiger partial charge < -0.3 is 15.0 Å². The monoisotopic (exact) mass is 416 g/mol. The maximum absolute atomic E-state index is 12.8. The van der Waals surface area contributed by atoms with E-state index in [2.05, 4.69) is 36.0 Å². The lowest BCUT2D eigenvalue weighted by Crippen LogP contribution is -2.36. The number of anilines is 2. The van der Waals surface area contributed by atoms with Crippen LogP contribution in [0.3, 0.4) is 0 Å². The van der Waals surface area contributed by atoms with Crippen molar-refractivity contribution in [2.45, 2.75) is 33.1 Å². The summed E-state index contributed by atoms with van der Waals surface area (Å²) in [5.41, 5.74) is 2.44. The maximum Gasteiger partial charge on any atom is 0.267 e. The summed E-state index contributed by atoms with van der Waals surface area (Å²) < 4.78 is 6.48.